The molecule has 1 aromatic rings. The van der Waals surface area contributed by atoms with Crippen molar-refractivity contribution < 1.29 is 4.92 Å². The van der Waals surface area contributed by atoms with E-state index >= 15 is 0 Å². The molecule has 0 unspecified atom stereocenters. The maximum atomic E-state index is 11.2. The molecule has 0 spiro atoms. The summed E-state index contributed by atoms with van der Waals surface area (Å²) in [4.78, 5) is 12.9. The Morgan fingerprint density at radius 2 is 2.22 bits per heavy atom. The topological polar surface area (TPSA) is 46.4 Å². The van der Waals surface area contributed by atoms with Gasteiger partial charge in [0.15, 0.2) is 0 Å². The molecule has 98 valence electrons. The molecule has 2 rings (SSSR count). The molecule has 0 N–H and O–H groups in total. The van der Waals surface area contributed by atoms with Gasteiger partial charge in [0.25, 0.3) is 5.69 Å². The SMILES string of the molecule is C[C@@H]1CCCCN1c1c(Cl)cc(Br)cc1[N+](=O)[O-]. The summed E-state index contributed by atoms with van der Waals surface area (Å²) in [7, 11) is 0. The smallest absolute Gasteiger partial charge is 0.295 e. The lowest BCUT2D eigenvalue weighted by Gasteiger charge is -2.35. The fraction of sp³-hybridized carbons (Fsp3) is 0.500. The van der Waals surface area contributed by atoms with Gasteiger partial charge in [-0.1, -0.05) is 27.5 Å². The van der Waals surface area contributed by atoms with Crippen molar-refractivity contribution in [3.8, 4) is 0 Å². The van der Waals surface area contributed by atoms with E-state index in [1.165, 1.54) is 12.5 Å². The molecule has 0 radical (unpaired) electrons. The van der Waals surface area contributed by atoms with Gasteiger partial charge in [0.2, 0.25) is 0 Å². The molecule has 6 heteroatoms. The number of nitrogens with zero attached hydrogens (tertiary/aromatic N) is 2. The summed E-state index contributed by atoms with van der Waals surface area (Å²) in [5, 5.41) is 11.6. The van der Waals surface area contributed by atoms with Crippen LogP contribution >= 0.6 is 27.5 Å². The highest BCUT2D eigenvalue weighted by atomic mass is 79.9. The number of nitro groups is 1. The Bertz CT molecular complexity index is 481. The van der Waals surface area contributed by atoms with Crippen LogP contribution in [0.3, 0.4) is 0 Å². The van der Waals surface area contributed by atoms with Gasteiger partial charge >= 0.3 is 0 Å². The molecular formula is C12H14BrClN2O2. The van der Waals surface area contributed by atoms with Crippen LogP contribution in [0.4, 0.5) is 11.4 Å². The Hall–Kier alpha value is -0.810. The van der Waals surface area contributed by atoms with E-state index in [1.807, 2.05) is 0 Å². The van der Waals surface area contributed by atoms with Gasteiger partial charge in [-0.15, -0.1) is 0 Å². The average Bonchev–Trinajstić information content (AvgIpc) is 2.29. The van der Waals surface area contributed by atoms with E-state index in [1.54, 1.807) is 6.07 Å². The molecule has 1 atom stereocenters. The minimum absolute atomic E-state index is 0.0723. The number of hydrogen-bond acceptors (Lipinski definition) is 3. The fourth-order valence-corrected chi connectivity index (χ4v) is 3.31. The number of anilines is 1. The Morgan fingerprint density at radius 1 is 1.50 bits per heavy atom. The monoisotopic (exact) mass is 332 g/mol. The van der Waals surface area contributed by atoms with Gasteiger partial charge in [-0.2, -0.15) is 0 Å². The second-order valence-corrected chi connectivity index (χ2v) is 5.87. The molecule has 0 bridgehead atoms. The highest BCUT2D eigenvalue weighted by molar-refractivity contribution is 9.10. The zero-order valence-corrected chi connectivity index (χ0v) is 12.4. The van der Waals surface area contributed by atoms with Gasteiger partial charge < -0.3 is 4.90 Å². The quantitative estimate of drug-likeness (QED) is 0.595. The number of nitro benzene ring substituents is 1. The molecule has 0 aliphatic carbocycles. The van der Waals surface area contributed by atoms with E-state index in [0.29, 0.717) is 15.2 Å². The van der Waals surface area contributed by atoms with Crippen molar-refractivity contribution >= 4 is 38.9 Å². The van der Waals surface area contributed by atoms with Crippen LogP contribution in [0, 0.1) is 10.1 Å². The highest BCUT2D eigenvalue weighted by Gasteiger charge is 2.28. The molecule has 1 saturated heterocycles. The summed E-state index contributed by atoms with van der Waals surface area (Å²) < 4.78 is 0.632. The zero-order chi connectivity index (χ0) is 13.3. The van der Waals surface area contributed by atoms with Crippen LogP contribution in [0.25, 0.3) is 0 Å². The molecule has 4 nitrogen and oxygen atoms in total. The average molecular weight is 334 g/mol. The molecule has 1 heterocycles. The lowest BCUT2D eigenvalue weighted by Crippen LogP contribution is -2.38. The standard InChI is InChI=1S/C12H14BrClN2O2/c1-8-4-2-3-5-15(8)12-10(14)6-9(13)7-11(12)16(17)18/h6-8H,2-5H2,1H3/t8-/m1/s1. The van der Waals surface area contributed by atoms with E-state index in [-0.39, 0.29) is 16.7 Å². The van der Waals surface area contributed by atoms with E-state index in [2.05, 4.69) is 27.8 Å². The van der Waals surface area contributed by atoms with Crippen LogP contribution in [0.5, 0.6) is 0 Å². The minimum atomic E-state index is -0.368. The highest BCUT2D eigenvalue weighted by Crippen LogP contribution is 2.40. The van der Waals surface area contributed by atoms with Crippen LogP contribution in [0.15, 0.2) is 16.6 Å². The largest absolute Gasteiger partial charge is 0.362 e. The van der Waals surface area contributed by atoms with E-state index < -0.39 is 0 Å². The van der Waals surface area contributed by atoms with Crippen molar-refractivity contribution in [1.82, 2.24) is 0 Å². The molecular weight excluding hydrogens is 320 g/mol. The first kappa shape index (κ1) is 13.6. The second-order valence-electron chi connectivity index (χ2n) is 4.55. The molecule has 0 saturated carbocycles. The molecule has 1 aliphatic heterocycles. The Morgan fingerprint density at radius 3 is 2.83 bits per heavy atom. The first-order valence-corrected chi connectivity index (χ1v) is 7.08. The summed E-state index contributed by atoms with van der Waals surface area (Å²) >= 11 is 9.45. The van der Waals surface area contributed by atoms with Crippen molar-refractivity contribution in [2.24, 2.45) is 0 Å². The maximum Gasteiger partial charge on any atom is 0.295 e. The van der Waals surface area contributed by atoms with Crippen molar-refractivity contribution in [3.05, 3.63) is 31.7 Å². The van der Waals surface area contributed by atoms with Crippen molar-refractivity contribution in [2.45, 2.75) is 32.2 Å². The number of hydrogen-bond donors (Lipinski definition) is 0. The van der Waals surface area contributed by atoms with E-state index in [9.17, 15) is 10.1 Å². The van der Waals surface area contributed by atoms with Crippen LogP contribution in [-0.2, 0) is 0 Å². The van der Waals surface area contributed by atoms with Crippen LogP contribution in [0.1, 0.15) is 26.2 Å². The third-order valence-corrected chi connectivity index (χ3v) is 4.04. The third kappa shape index (κ3) is 2.62. The summed E-state index contributed by atoms with van der Waals surface area (Å²) in [5.74, 6) is 0. The summed E-state index contributed by atoms with van der Waals surface area (Å²) in [5.41, 5.74) is 0.625. The van der Waals surface area contributed by atoms with Gasteiger partial charge in [-0.05, 0) is 32.3 Å². The second kappa shape index (κ2) is 5.45. The minimum Gasteiger partial charge on any atom is -0.362 e. The first-order chi connectivity index (χ1) is 8.50. The summed E-state index contributed by atoms with van der Waals surface area (Å²) in [6.07, 6.45) is 3.26. The van der Waals surface area contributed by atoms with Gasteiger partial charge in [0.05, 0.1) is 9.95 Å². The molecule has 1 aromatic carbocycles. The molecule has 0 aromatic heterocycles. The fourth-order valence-electron chi connectivity index (χ4n) is 2.41. The molecule has 1 fully saturated rings. The lowest BCUT2D eigenvalue weighted by atomic mass is 10.0. The van der Waals surface area contributed by atoms with Gasteiger partial charge in [0.1, 0.15) is 5.69 Å². The molecule has 1 aliphatic rings. The normalized spacial score (nSPS) is 19.9. The van der Waals surface area contributed by atoms with E-state index in [4.69, 9.17) is 11.6 Å². The first-order valence-electron chi connectivity index (χ1n) is 5.91. The number of halogens is 2. The van der Waals surface area contributed by atoms with Crippen LogP contribution < -0.4 is 4.90 Å². The van der Waals surface area contributed by atoms with Crippen LogP contribution in [-0.4, -0.2) is 17.5 Å². The third-order valence-electron chi connectivity index (χ3n) is 3.29. The number of rotatable bonds is 2. The van der Waals surface area contributed by atoms with Gasteiger partial charge in [0, 0.05) is 23.1 Å². The van der Waals surface area contributed by atoms with Crippen molar-refractivity contribution in [1.29, 1.82) is 0 Å². The number of piperidine rings is 1. The maximum absolute atomic E-state index is 11.2. The molecule has 18 heavy (non-hydrogen) atoms. The summed E-state index contributed by atoms with van der Waals surface area (Å²) in [6.45, 7) is 2.91. The Labute approximate surface area is 119 Å². The van der Waals surface area contributed by atoms with Crippen molar-refractivity contribution in [3.63, 3.8) is 0 Å². The number of benzene rings is 1. The van der Waals surface area contributed by atoms with Gasteiger partial charge in [-0.3, -0.25) is 10.1 Å². The van der Waals surface area contributed by atoms with Crippen molar-refractivity contribution in [2.75, 3.05) is 11.4 Å². The molecule has 0 amide bonds. The summed E-state index contributed by atoms with van der Waals surface area (Å²) in [6, 6.07) is 3.52. The van der Waals surface area contributed by atoms with Crippen LogP contribution in [0.2, 0.25) is 5.02 Å². The Balaban J connectivity index is 2.51. The predicted octanol–water partition coefficient (Wildman–Crippen LogP) is 4.39. The lowest BCUT2D eigenvalue weighted by molar-refractivity contribution is -0.384. The van der Waals surface area contributed by atoms with E-state index in [0.717, 1.165) is 19.4 Å². The van der Waals surface area contributed by atoms with Gasteiger partial charge in [-0.25, -0.2) is 0 Å². The Kier molecular flexibility index (Phi) is 4.12. The zero-order valence-electron chi connectivity index (χ0n) is 10.0. The predicted molar refractivity (Wildman–Crippen MR) is 76.5 cm³/mol.